The maximum Gasteiger partial charge on any atom is 0.253 e. The van der Waals surface area contributed by atoms with Gasteiger partial charge in [-0.15, -0.1) is 0 Å². The van der Waals surface area contributed by atoms with Crippen LogP contribution in [0, 0.1) is 13.8 Å². The fraction of sp³-hybridized carbons (Fsp3) is 0.333. The molecule has 0 radical (unpaired) electrons. The average Bonchev–Trinajstić information content (AvgIpc) is 3.12. The molecule has 7 nitrogen and oxygen atoms in total. The van der Waals surface area contributed by atoms with E-state index in [9.17, 15) is 4.79 Å². The first-order chi connectivity index (χ1) is 14.9. The summed E-state index contributed by atoms with van der Waals surface area (Å²) < 4.78 is 21.6. The Morgan fingerprint density at radius 2 is 1.84 bits per heavy atom. The van der Waals surface area contributed by atoms with Gasteiger partial charge in [0, 0.05) is 19.2 Å². The second-order valence-corrected chi connectivity index (χ2v) is 7.29. The van der Waals surface area contributed by atoms with Crippen molar-refractivity contribution in [3.63, 3.8) is 0 Å². The largest absolute Gasteiger partial charge is 0.493 e. The Kier molecular flexibility index (Phi) is 7.18. The van der Waals surface area contributed by atoms with E-state index in [0.717, 1.165) is 22.6 Å². The topological polar surface area (TPSA) is 74.0 Å². The molecule has 0 spiro atoms. The summed E-state index contributed by atoms with van der Waals surface area (Å²) in [6, 6.07) is 13.0. The number of likely N-dealkylation sites (N-methyl/N-ethyl adjacent to an activating group) is 1. The van der Waals surface area contributed by atoms with Gasteiger partial charge in [0.2, 0.25) is 0 Å². The van der Waals surface area contributed by atoms with E-state index in [1.807, 2.05) is 44.2 Å². The molecular formula is C24H28N2O5. The monoisotopic (exact) mass is 424 g/mol. The standard InChI is InChI=1S/C24H28N2O5/c1-16-21(17(2)31-25-16)15-30-20-8-6-7-19(14-20)24(27)26(3)12-11-18-9-10-22(28-4)23(13-18)29-5/h6-10,13-14H,11-12,15H2,1-5H3. The number of nitrogens with zero attached hydrogens (tertiary/aromatic N) is 2. The van der Waals surface area contributed by atoms with E-state index in [4.69, 9.17) is 18.7 Å². The van der Waals surface area contributed by atoms with Crippen LogP contribution in [0.4, 0.5) is 0 Å². The van der Waals surface area contributed by atoms with Crippen LogP contribution in [0.3, 0.4) is 0 Å². The van der Waals surface area contributed by atoms with Gasteiger partial charge in [0.15, 0.2) is 11.5 Å². The lowest BCUT2D eigenvalue weighted by atomic mass is 10.1. The van der Waals surface area contributed by atoms with E-state index in [2.05, 4.69) is 5.16 Å². The lowest BCUT2D eigenvalue weighted by Crippen LogP contribution is -2.28. The minimum atomic E-state index is -0.0664. The van der Waals surface area contributed by atoms with Crippen LogP contribution in [0.2, 0.25) is 0 Å². The smallest absolute Gasteiger partial charge is 0.253 e. The molecule has 1 heterocycles. The molecule has 0 bridgehead atoms. The van der Waals surface area contributed by atoms with Crippen LogP contribution in [0.1, 0.15) is 32.9 Å². The van der Waals surface area contributed by atoms with E-state index in [-0.39, 0.29) is 5.91 Å². The maximum absolute atomic E-state index is 12.9. The number of aryl methyl sites for hydroxylation is 2. The first-order valence-electron chi connectivity index (χ1n) is 10.0. The van der Waals surface area contributed by atoms with E-state index in [1.54, 1.807) is 38.3 Å². The molecule has 0 aliphatic rings. The fourth-order valence-corrected chi connectivity index (χ4v) is 3.24. The Balaban J connectivity index is 1.61. The summed E-state index contributed by atoms with van der Waals surface area (Å²) in [4.78, 5) is 14.6. The van der Waals surface area contributed by atoms with Gasteiger partial charge in [-0.2, -0.15) is 0 Å². The van der Waals surface area contributed by atoms with Gasteiger partial charge >= 0.3 is 0 Å². The van der Waals surface area contributed by atoms with Crippen molar-refractivity contribution in [2.75, 3.05) is 27.8 Å². The Morgan fingerprint density at radius 1 is 1.06 bits per heavy atom. The second-order valence-electron chi connectivity index (χ2n) is 7.29. The number of rotatable bonds is 9. The summed E-state index contributed by atoms with van der Waals surface area (Å²) in [5.74, 6) is 2.66. The molecule has 2 aromatic carbocycles. The van der Waals surface area contributed by atoms with Crippen molar-refractivity contribution in [1.29, 1.82) is 0 Å². The van der Waals surface area contributed by atoms with Crippen molar-refractivity contribution < 1.29 is 23.5 Å². The summed E-state index contributed by atoms with van der Waals surface area (Å²) in [5.41, 5.74) is 3.36. The minimum Gasteiger partial charge on any atom is -0.493 e. The van der Waals surface area contributed by atoms with Gasteiger partial charge in [-0.25, -0.2) is 0 Å². The van der Waals surface area contributed by atoms with Crippen LogP contribution < -0.4 is 14.2 Å². The first kappa shape index (κ1) is 22.2. The molecule has 0 N–H and O–H groups in total. The number of amides is 1. The molecule has 7 heteroatoms. The molecule has 31 heavy (non-hydrogen) atoms. The number of hydrogen-bond donors (Lipinski definition) is 0. The third-order valence-electron chi connectivity index (χ3n) is 5.18. The van der Waals surface area contributed by atoms with Crippen molar-refractivity contribution in [1.82, 2.24) is 10.1 Å². The highest BCUT2D eigenvalue weighted by Crippen LogP contribution is 2.27. The lowest BCUT2D eigenvalue weighted by molar-refractivity contribution is 0.0796. The highest BCUT2D eigenvalue weighted by atomic mass is 16.5. The second kappa shape index (κ2) is 10.0. The van der Waals surface area contributed by atoms with Gasteiger partial charge in [-0.3, -0.25) is 4.79 Å². The van der Waals surface area contributed by atoms with Crippen LogP contribution in [0.5, 0.6) is 17.2 Å². The van der Waals surface area contributed by atoms with Crippen molar-refractivity contribution >= 4 is 5.91 Å². The number of ether oxygens (including phenoxy) is 3. The Bertz CT molecular complexity index is 1020. The van der Waals surface area contributed by atoms with Crippen molar-refractivity contribution in [2.24, 2.45) is 0 Å². The Morgan fingerprint density at radius 3 is 2.52 bits per heavy atom. The summed E-state index contributed by atoms with van der Waals surface area (Å²) in [6.07, 6.45) is 0.699. The van der Waals surface area contributed by atoms with Gasteiger partial charge in [-0.1, -0.05) is 17.3 Å². The molecule has 0 unspecified atom stereocenters. The molecule has 0 saturated carbocycles. The minimum absolute atomic E-state index is 0.0664. The molecule has 0 aliphatic carbocycles. The summed E-state index contributed by atoms with van der Waals surface area (Å²) in [5, 5.41) is 3.93. The summed E-state index contributed by atoms with van der Waals surface area (Å²) in [6.45, 7) is 4.64. The van der Waals surface area contributed by atoms with Crippen molar-refractivity contribution in [3.8, 4) is 17.2 Å². The lowest BCUT2D eigenvalue weighted by Gasteiger charge is -2.18. The quantitative estimate of drug-likeness (QED) is 0.513. The number of benzene rings is 2. The summed E-state index contributed by atoms with van der Waals surface area (Å²) >= 11 is 0. The van der Waals surface area contributed by atoms with Crippen LogP contribution in [0.15, 0.2) is 47.0 Å². The Labute approximate surface area is 182 Å². The normalized spacial score (nSPS) is 10.6. The SMILES string of the molecule is COc1ccc(CCN(C)C(=O)c2cccc(OCc3c(C)noc3C)c2)cc1OC. The van der Waals surface area contributed by atoms with E-state index >= 15 is 0 Å². The van der Waals surface area contributed by atoms with Crippen LogP contribution in [-0.2, 0) is 13.0 Å². The third-order valence-corrected chi connectivity index (χ3v) is 5.18. The van der Waals surface area contributed by atoms with Crippen LogP contribution in [-0.4, -0.2) is 43.8 Å². The van der Waals surface area contributed by atoms with Crippen LogP contribution in [0.25, 0.3) is 0 Å². The van der Waals surface area contributed by atoms with E-state index < -0.39 is 0 Å². The molecule has 1 amide bonds. The van der Waals surface area contributed by atoms with Gasteiger partial charge in [0.05, 0.1) is 25.5 Å². The van der Waals surface area contributed by atoms with Gasteiger partial charge in [-0.05, 0) is 56.2 Å². The zero-order valence-corrected chi connectivity index (χ0v) is 18.6. The predicted molar refractivity (Wildman–Crippen MR) is 117 cm³/mol. The highest BCUT2D eigenvalue weighted by Gasteiger charge is 2.14. The third kappa shape index (κ3) is 5.36. The highest BCUT2D eigenvalue weighted by molar-refractivity contribution is 5.94. The molecule has 0 saturated heterocycles. The molecule has 0 atom stereocenters. The summed E-state index contributed by atoms with van der Waals surface area (Å²) in [7, 11) is 5.01. The molecule has 3 rings (SSSR count). The number of carbonyl (C=O) groups excluding carboxylic acids is 1. The van der Waals surface area contributed by atoms with Gasteiger partial charge in [0.25, 0.3) is 5.91 Å². The molecule has 0 fully saturated rings. The average molecular weight is 424 g/mol. The molecule has 1 aromatic heterocycles. The number of methoxy groups -OCH3 is 2. The zero-order chi connectivity index (χ0) is 22.4. The Hall–Kier alpha value is -3.48. The van der Waals surface area contributed by atoms with E-state index in [0.29, 0.717) is 42.4 Å². The van der Waals surface area contributed by atoms with Crippen molar-refractivity contribution in [2.45, 2.75) is 26.9 Å². The first-order valence-corrected chi connectivity index (χ1v) is 10.0. The number of hydrogen-bond acceptors (Lipinski definition) is 6. The number of carbonyl (C=O) groups is 1. The number of aromatic nitrogens is 1. The van der Waals surface area contributed by atoms with E-state index in [1.165, 1.54) is 0 Å². The molecule has 0 aliphatic heterocycles. The maximum atomic E-state index is 12.9. The van der Waals surface area contributed by atoms with Crippen LogP contribution >= 0.6 is 0 Å². The predicted octanol–water partition coefficient (Wildman–Crippen LogP) is 4.20. The van der Waals surface area contributed by atoms with Crippen molar-refractivity contribution in [3.05, 3.63) is 70.6 Å². The van der Waals surface area contributed by atoms with Gasteiger partial charge < -0.3 is 23.6 Å². The van der Waals surface area contributed by atoms with Gasteiger partial charge in [0.1, 0.15) is 18.1 Å². The zero-order valence-electron chi connectivity index (χ0n) is 18.6. The molecule has 3 aromatic rings. The fourth-order valence-electron chi connectivity index (χ4n) is 3.24. The molecular weight excluding hydrogens is 396 g/mol. The molecule has 164 valence electrons.